The molecule has 0 heterocycles. The van der Waals surface area contributed by atoms with Crippen LogP contribution < -0.4 is 0 Å². The van der Waals surface area contributed by atoms with Crippen LogP contribution in [0.1, 0.15) is 0 Å². The van der Waals surface area contributed by atoms with Crippen LogP contribution in [-0.2, 0) is 4.74 Å². The second-order valence-corrected chi connectivity index (χ2v) is 2.53. The number of hydrogen-bond donors (Lipinski definition) is 0. The van der Waals surface area contributed by atoms with Gasteiger partial charge in [-0.05, 0) is 12.1 Å². The second-order valence-electron chi connectivity index (χ2n) is 2.12. The molecule has 13 heavy (non-hydrogen) atoms. The smallest absolute Gasteiger partial charge is 0.450 e. The zero-order valence-corrected chi connectivity index (χ0v) is 7.65. The van der Waals surface area contributed by atoms with Crippen LogP contribution in [0.4, 0.5) is 10.5 Å². The number of hydrogen-bond acceptors (Lipinski definition) is 3. The quantitative estimate of drug-likeness (QED) is 0.651. The van der Waals surface area contributed by atoms with E-state index in [4.69, 9.17) is 11.6 Å². The maximum absolute atomic E-state index is 10.6. The predicted octanol–water partition coefficient (Wildman–Crippen LogP) is 3.19. The minimum Gasteiger partial charge on any atom is -0.450 e. The van der Waals surface area contributed by atoms with Crippen molar-refractivity contribution in [2.45, 2.75) is 0 Å². The molecule has 0 aliphatic carbocycles. The van der Waals surface area contributed by atoms with Crippen molar-refractivity contribution in [3.63, 3.8) is 0 Å². The molecule has 1 aromatic carbocycles. The van der Waals surface area contributed by atoms with Crippen LogP contribution in [-0.4, -0.2) is 13.2 Å². The van der Waals surface area contributed by atoms with Crippen molar-refractivity contribution in [1.29, 1.82) is 0 Å². The van der Waals surface area contributed by atoms with Crippen molar-refractivity contribution >= 4 is 23.4 Å². The van der Waals surface area contributed by atoms with Crippen molar-refractivity contribution in [3.8, 4) is 0 Å². The monoisotopic (exact) mass is 198 g/mol. The molecule has 1 amide bonds. The van der Waals surface area contributed by atoms with Gasteiger partial charge in [0, 0.05) is 0 Å². The summed E-state index contributed by atoms with van der Waals surface area (Å²) in [6.45, 7) is 0. The van der Waals surface area contributed by atoms with Crippen molar-refractivity contribution < 1.29 is 9.53 Å². The van der Waals surface area contributed by atoms with Gasteiger partial charge in [0.15, 0.2) is 0 Å². The first-order chi connectivity index (χ1) is 6.24. The van der Waals surface area contributed by atoms with Gasteiger partial charge in [-0.2, -0.15) is 0 Å². The van der Waals surface area contributed by atoms with E-state index >= 15 is 0 Å². The molecule has 0 spiro atoms. The van der Waals surface area contributed by atoms with Crippen LogP contribution >= 0.6 is 11.6 Å². The minimum absolute atomic E-state index is 0.439. The average Bonchev–Trinajstić information content (AvgIpc) is 2.16. The largest absolute Gasteiger partial charge is 0.452 e. The molecule has 5 heteroatoms. The number of benzene rings is 1. The third kappa shape index (κ3) is 2.83. The number of nitrogens with zero attached hydrogens (tertiary/aromatic N) is 2. The third-order valence-corrected chi connectivity index (χ3v) is 1.59. The van der Waals surface area contributed by atoms with E-state index in [-0.39, 0.29) is 0 Å². The number of carbonyl (C=O) groups is 1. The Balaban J connectivity index is 2.80. The average molecular weight is 199 g/mol. The zero-order valence-electron chi connectivity index (χ0n) is 6.90. The molecule has 0 aliphatic rings. The molecule has 0 bridgehead atoms. The maximum Gasteiger partial charge on any atom is 0.452 e. The van der Waals surface area contributed by atoms with E-state index < -0.39 is 6.09 Å². The zero-order chi connectivity index (χ0) is 9.68. The normalized spacial score (nSPS) is 10.3. The lowest BCUT2D eigenvalue weighted by molar-refractivity contribution is 0.181. The molecule has 0 aromatic heterocycles. The molecule has 0 radical (unpaired) electrons. The molecular weight excluding hydrogens is 192 g/mol. The van der Waals surface area contributed by atoms with Crippen LogP contribution in [0.25, 0.3) is 0 Å². The SMILES string of the molecule is COC(=O)N=Nc1ccccc1Cl. The van der Waals surface area contributed by atoms with Gasteiger partial charge in [-0.1, -0.05) is 28.8 Å². The van der Waals surface area contributed by atoms with Gasteiger partial charge in [0.1, 0.15) is 5.69 Å². The van der Waals surface area contributed by atoms with E-state index in [2.05, 4.69) is 15.0 Å². The summed E-state index contributed by atoms with van der Waals surface area (Å²) in [6.07, 6.45) is -0.750. The van der Waals surface area contributed by atoms with E-state index in [1.165, 1.54) is 7.11 Å². The molecule has 0 aliphatic heterocycles. The Kier molecular flexibility index (Phi) is 3.40. The van der Waals surface area contributed by atoms with Crippen molar-refractivity contribution in [1.82, 2.24) is 0 Å². The first-order valence-corrected chi connectivity index (χ1v) is 3.86. The number of carbonyl (C=O) groups excluding carboxylic acids is 1. The van der Waals surface area contributed by atoms with Gasteiger partial charge < -0.3 is 4.74 Å². The van der Waals surface area contributed by atoms with E-state index in [0.717, 1.165) is 0 Å². The van der Waals surface area contributed by atoms with Crippen LogP contribution in [0.3, 0.4) is 0 Å². The lowest BCUT2D eigenvalue weighted by Crippen LogP contribution is -1.89. The topological polar surface area (TPSA) is 51.0 Å². The highest BCUT2D eigenvalue weighted by Crippen LogP contribution is 2.23. The number of amides is 1. The molecule has 0 unspecified atom stereocenters. The number of ether oxygens (including phenoxy) is 1. The molecule has 0 saturated carbocycles. The first-order valence-electron chi connectivity index (χ1n) is 3.48. The van der Waals surface area contributed by atoms with Gasteiger partial charge in [-0.15, -0.1) is 5.11 Å². The number of halogens is 1. The van der Waals surface area contributed by atoms with Gasteiger partial charge in [0.05, 0.1) is 12.1 Å². The molecule has 0 saturated heterocycles. The molecule has 0 fully saturated rings. The highest BCUT2D eigenvalue weighted by atomic mass is 35.5. The van der Waals surface area contributed by atoms with Gasteiger partial charge in [-0.3, -0.25) is 0 Å². The summed E-state index contributed by atoms with van der Waals surface area (Å²) in [7, 11) is 1.23. The van der Waals surface area contributed by atoms with Crippen molar-refractivity contribution in [2.24, 2.45) is 10.2 Å². The Labute approximate surface area is 80.2 Å². The van der Waals surface area contributed by atoms with Crippen LogP contribution in [0.5, 0.6) is 0 Å². The van der Waals surface area contributed by atoms with E-state index in [9.17, 15) is 4.79 Å². The first kappa shape index (κ1) is 9.67. The molecular formula is C8H7ClN2O2. The Hall–Kier alpha value is -1.42. The van der Waals surface area contributed by atoms with Gasteiger partial charge in [0.2, 0.25) is 0 Å². The fraction of sp³-hybridized carbons (Fsp3) is 0.125. The Morgan fingerprint density at radius 2 is 2.15 bits per heavy atom. The van der Waals surface area contributed by atoms with E-state index in [1.807, 2.05) is 0 Å². The summed E-state index contributed by atoms with van der Waals surface area (Å²) in [5.41, 5.74) is 0.439. The Morgan fingerprint density at radius 1 is 1.46 bits per heavy atom. The second kappa shape index (κ2) is 4.57. The van der Waals surface area contributed by atoms with Gasteiger partial charge in [-0.25, -0.2) is 4.79 Å². The summed E-state index contributed by atoms with van der Waals surface area (Å²) in [5, 5.41) is 7.29. The molecule has 68 valence electrons. The summed E-state index contributed by atoms with van der Waals surface area (Å²) >= 11 is 5.75. The molecule has 1 aromatic rings. The summed E-state index contributed by atoms with van der Waals surface area (Å²) in [5.74, 6) is 0. The minimum atomic E-state index is -0.750. The molecule has 1 rings (SSSR count). The highest BCUT2D eigenvalue weighted by molar-refractivity contribution is 6.32. The van der Waals surface area contributed by atoms with E-state index in [1.54, 1.807) is 24.3 Å². The Bertz CT molecular complexity index is 339. The van der Waals surface area contributed by atoms with Crippen LogP contribution in [0.2, 0.25) is 5.02 Å². The maximum atomic E-state index is 10.6. The van der Waals surface area contributed by atoms with Gasteiger partial charge >= 0.3 is 6.09 Å². The van der Waals surface area contributed by atoms with Crippen LogP contribution in [0.15, 0.2) is 34.5 Å². The number of methoxy groups -OCH3 is 1. The highest BCUT2D eigenvalue weighted by Gasteiger charge is 1.98. The fourth-order valence-electron chi connectivity index (χ4n) is 0.668. The lowest BCUT2D eigenvalue weighted by atomic mass is 10.3. The standard InChI is InChI=1S/C8H7ClN2O2/c1-13-8(12)11-10-7-5-3-2-4-6(7)9/h2-5H,1H3. The molecule has 0 atom stereocenters. The number of rotatable bonds is 1. The third-order valence-electron chi connectivity index (χ3n) is 1.27. The number of azo groups is 1. The predicted molar refractivity (Wildman–Crippen MR) is 48.4 cm³/mol. The fourth-order valence-corrected chi connectivity index (χ4v) is 0.842. The van der Waals surface area contributed by atoms with Crippen LogP contribution in [0, 0.1) is 0 Å². The summed E-state index contributed by atoms with van der Waals surface area (Å²) in [4.78, 5) is 10.6. The van der Waals surface area contributed by atoms with Crippen molar-refractivity contribution in [3.05, 3.63) is 29.3 Å². The van der Waals surface area contributed by atoms with Gasteiger partial charge in [0.25, 0.3) is 0 Å². The lowest BCUT2D eigenvalue weighted by Gasteiger charge is -1.93. The molecule has 0 N–H and O–H groups in total. The summed E-state index contributed by atoms with van der Waals surface area (Å²) < 4.78 is 4.27. The Morgan fingerprint density at radius 3 is 2.77 bits per heavy atom. The van der Waals surface area contributed by atoms with Crippen molar-refractivity contribution in [2.75, 3.05) is 7.11 Å². The summed E-state index contributed by atoms with van der Waals surface area (Å²) in [6, 6.07) is 6.82. The molecule has 4 nitrogen and oxygen atoms in total. The van der Waals surface area contributed by atoms with E-state index in [0.29, 0.717) is 10.7 Å².